The molecule has 192 valence electrons. The first-order valence-electron chi connectivity index (χ1n) is 12.1. The summed E-state index contributed by atoms with van der Waals surface area (Å²) in [6.45, 7) is -0.142. The van der Waals surface area contributed by atoms with Gasteiger partial charge in [-0.05, 0) is 37.8 Å². The zero-order valence-corrected chi connectivity index (χ0v) is 21.1. The Balaban J connectivity index is 1.37. The number of fused-ring (bicyclic) bond motifs is 2. The molecule has 2 saturated heterocycles. The minimum absolute atomic E-state index is 0.0701. The van der Waals surface area contributed by atoms with Crippen LogP contribution in [0.4, 0.5) is 17.6 Å². The first-order chi connectivity index (χ1) is 17.4. The second kappa shape index (κ2) is 10.0. The maximum Gasteiger partial charge on any atom is 0.243 e. The van der Waals surface area contributed by atoms with Gasteiger partial charge in [0.15, 0.2) is 5.82 Å². The van der Waals surface area contributed by atoms with Crippen LogP contribution < -0.4 is 15.0 Å². The van der Waals surface area contributed by atoms with Gasteiger partial charge in [0.05, 0.1) is 24.3 Å². The third-order valence-electron chi connectivity index (χ3n) is 7.02. The van der Waals surface area contributed by atoms with Gasteiger partial charge in [-0.1, -0.05) is 24.6 Å². The van der Waals surface area contributed by atoms with E-state index in [9.17, 15) is 13.5 Å². The number of nitrogens with one attached hydrogen (secondary N) is 2. The average molecular weight is 514 g/mol. The molecule has 1 aromatic carbocycles. The van der Waals surface area contributed by atoms with E-state index >= 15 is 0 Å². The van der Waals surface area contributed by atoms with E-state index in [2.05, 4.69) is 25.5 Å². The molecule has 11 nitrogen and oxygen atoms in total. The van der Waals surface area contributed by atoms with Crippen molar-refractivity contribution in [1.29, 1.82) is 0 Å². The fourth-order valence-electron chi connectivity index (χ4n) is 5.27. The molecule has 12 heteroatoms. The van der Waals surface area contributed by atoms with Gasteiger partial charge in [-0.3, -0.25) is 5.10 Å². The first-order valence-corrected chi connectivity index (χ1v) is 13.5. The molecule has 4 heterocycles. The summed E-state index contributed by atoms with van der Waals surface area (Å²) in [5.41, 5.74) is 0.583. The molecule has 3 aromatic rings. The SMILES string of the molecule is COc1cc(Nc2cc(CO)[nH]n2)nc(N(C)C2C[C@H]3CCC[C@@H](C2)N3S(=O)(=O)c2ccccc2)n1. The third kappa shape index (κ3) is 4.75. The molecule has 0 aliphatic carbocycles. The Labute approximate surface area is 210 Å². The van der Waals surface area contributed by atoms with Gasteiger partial charge in [0.2, 0.25) is 21.9 Å². The fourth-order valence-corrected chi connectivity index (χ4v) is 7.19. The molecule has 36 heavy (non-hydrogen) atoms. The fraction of sp³-hybridized carbons (Fsp3) is 0.458. The zero-order chi connectivity index (χ0) is 25.3. The van der Waals surface area contributed by atoms with E-state index in [0.717, 1.165) is 19.3 Å². The highest BCUT2D eigenvalue weighted by Crippen LogP contribution is 2.40. The Morgan fingerprint density at radius 3 is 2.50 bits per heavy atom. The highest BCUT2D eigenvalue weighted by atomic mass is 32.2. The van der Waals surface area contributed by atoms with Crippen LogP contribution in [-0.2, 0) is 16.6 Å². The van der Waals surface area contributed by atoms with E-state index in [1.165, 1.54) is 0 Å². The van der Waals surface area contributed by atoms with Crippen molar-refractivity contribution < 1.29 is 18.3 Å². The van der Waals surface area contributed by atoms with Crippen molar-refractivity contribution in [2.45, 2.75) is 61.7 Å². The summed E-state index contributed by atoms with van der Waals surface area (Å²) in [7, 11) is -0.0710. The summed E-state index contributed by atoms with van der Waals surface area (Å²) in [5, 5.41) is 19.3. The number of ether oxygens (including phenoxy) is 1. The van der Waals surface area contributed by atoms with E-state index < -0.39 is 10.0 Å². The predicted molar refractivity (Wildman–Crippen MR) is 135 cm³/mol. The van der Waals surface area contributed by atoms with Gasteiger partial charge in [0.1, 0.15) is 5.82 Å². The summed E-state index contributed by atoms with van der Waals surface area (Å²) in [4.78, 5) is 11.6. The minimum atomic E-state index is -3.56. The molecule has 2 aliphatic heterocycles. The Kier molecular flexibility index (Phi) is 6.82. The largest absolute Gasteiger partial charge is 0.481 e. The molecule has 5 rings (SSSR count). The van der Waals surface area contributed by atoms with Crippen molar-refractivity contribution in [1.82, 2.24) is 24.5 Å². The van der Waals surface area contributed by atoms with Crippen LogP contribution in [0.2, 0.25) is 0 Å². The molecule has 0 saturated carbocycles. The number of aliphatic hydroxyl groups is 1. The van der Waals surface area contributed by atoms with E-state index in [4.69, 9.17) is 4.74 Å². The number of benzene rings is 1. The first kappa shape index (κ1) is 24.5. The number of hydrogen-bond donors (Lipinski definition) is 3. The molecular formula is C24H31N7O4S. The van der Waals surface area contributed by atoms with Gasteiger partial charge in [0.25, 0.3) is 0 Å². The lowest BCUT2D eigenvalue weighted by molar-refractivity contribution is 0.109. The van der Waals surface area contributed by atoms with E-state index in [0.29, 0.717) is 46.9 Å². The van der Waals surface area contributed by atoms with Crippen molar-refractivity contribution in [2.75, 3.05) is 24.4 Å². The molecule has 0 radical (unpaired) electrons. The number of methoxy groups -OCH3 is 1. The average Bonchev–Trinajstić information content (AvgIpc) is 3.35. The Morgan fingerprint density at radius 2 is 1.86 bits per heavy atom. The number of sulfonamides is 1. The summed E-state index contributed by atoms with van der Waals surface area (Å²) < 4.78 is 34.2. The molecule has 3 atom stereocenters. The third-order valence-corrected chi connectivity index (χ3v) is 9.04. The van der Waals surface area contributed by atoms with Crippen LogP contribution in [0.5, 0.6) is 5.88 Å². The maximum atomic E-state index is 13.5. The minimum Gasteiger partial charge on any atom is -0.481 e. The summed E-state index contributed by atoms with van der Waals surface area (Å²) in [5.74, 6) is 1.90. The topological polar surface area (TPSA) is 137 Å². The summed E-state index contributed by atoms with van der Waals surface area (Å²) >= 11 is 0. The molecule has 2 bridgehead atoms. The second-order valence-electron chi connectivity index (χ2n) is 9.28. The molecule has 2 fully saturated rings. The number of aromatic nitrogens is 4. The van der Waals surface area contributed by atoms with Crippen LogP contribution >= 0.6 is 0 Å². The standard InChI is InChI=1S/C24H31N7O4S/c1-30(24-26-21(14-23(27-24)35-2)25-22-11-16(15-32)28-29-22)19-12-17-7-6-8-18(13-19)31(17)36(33,34)20-9-4-3-5-10-20/h3-5,9-11,14,17-19,32H,6-8,12-13,15H2,1-2H3,(H2,25,26,27,28,29)/t17-,18+,19?. The van der Waals surface area contributed by atoms with E-state index in [1.54, 1.807) is 47.8 Å². The van der Waals surface area contributed by atoms with Crippen LogP contribution in [0.15, 0.2) is 47.4 Å². The molecule has 0 amide bonds. The predicted octanol–water partition coefficient (Wildman–Crippen LogP) is 2.65. The van der Waals surface area contributed by atoms with Gasteiger partial charge < -0.3 is 20.1 Å². The van der Waals surface area contributed by atoms with Crippen LogP contribution in [0.25, 0.3) is 0 Å². The van der Waals surface area contributed by atoms with E-state index in [-0.39, 0.29) is 24.7 Å². The molecule has 1 unspecified atom stereocenters. The van der Waals surface area contributed by atoms with Gasteiger partial charge in [-0.25, -0.2) is 8.42 Å². The lowest BCUT2D eigenvalue weighted by Crippen LogP contribution is -2.58. The van der Waals surface area contributed by atoms with Gasteiger partial charge in [-0.15, -0.1) is 0 Å². The number of rotatable bonds is 8. The number of hydrogen-bond acceptors (Lipinski definition) is 9. The Morgan fingerprint density at radius 1 is 1.14 bits per heavy atom. The van der Waals surface area contributed by atoms with Crippen LogP contribution in [-0.4, -0.2) is 70.3 Å². The van der Waals surface area contributed by atoms with E-state index in [1.807, 2.05) is 18.0 Å². The monoisotopic (exact) mass is 513 g/mol. The summed E-state index contributed by atoms with van der Waals surface area (Å²) in [6.07, 6.45) is 4.09. The van der Waals surface area contributed by atoms with Gasteiger partial charge in [0, 0.05) is 37.3 Å². The molecular weight excluding hydrogens is 482 g/mol. The lowest BCUT2D eigenvalue weighted by Gasteiger charge is -2.49. The lowest BCUT2D eigenvalue weighted by atomic mass is 9.83. The molecule has 2 aromatic heterocycles. The number of nitrogens with zero attached hydrogens (tertiary/aromatic N) is 5. The maximum absolute atomic E-state index is 13.5. The normalized spacial score (nSPS) is 22.2. The van der Waals surface area contributed by atoms with Gasteiger partial charge in [-0.2, -0.15) is 19.4 Å². The molecule has 3 N–H and O–H groups in total. The Bertz CT molecular complexity index is 1290. The zero-order valence-electron chi connectivity index (χ0n) is 20.3. The second-order valence-corrected chi connectivity index (χ2v) is 11.1. The highest BCUT2D eigenvalue weighted by Gasteiger charge is 2.46. The van der Waals surface area contributed by atoms with Crippen molar-refractivity contribution in [3.63, 3.8) is 0 Å². The molecule has 0 spiro atoms. The molecule has 2 aliphatic rings. The van der Waals surface area contributed by atoms with Crippen LogP contribution in [0, 0.1) is 0 Å². The van der Waals surface area contributed by atoms with Crippen molar-refractivity contribution in [3.8, 4) is 5.88 Å². The van der Waals surface area contributed by atoms with Crippen LogP contribution in [0.1, 0.15) is 37.8 Å². The quantitative estimate of drug-likeness (QED) is 0.415. The number of piperidine rings is 2. The summed E-state index contributed by atoms with van der Waals surface area (Å²) in [6, 6.07) is 12.0. The number of H-pyrrole nitrogens is 1. The van der Waals surface area contributed by atoms with Crippen molar-refractivity contribution in [3.05, 3.63) is 48.2 Å². The number of aromatic amines is 1. The van der Waals surface area contributed by atoms with Crippen molar-refractivity contribution >= 4 is 27.6 Å². The van der Waals surface area contributed by atoms with Crippen LogP contribution in [0.3, 0.4) is 0 Å². The number of anilines is 3. The number of aliphatic hydroxyl groups excluding tert-OH is 1. The Hall–Kier alpha value is -3.22. The smallest absolute Gasteiger partial charge is 0.243 e. The van der Waals surface area contributed by atoms with Gasteiger partial charge >= 0.3 is 0 Å². The highest BCUT2D eigenvalue weighted by molar-refractivity contribution is 7.89. The van der Waals surface area contributed by atoms with Crippen molar-refractivity contribution in [2.24, 2.45) is 0 Å².